The minimum atomic E-state index is -4.55. The zero-order valence-electron chi connectivity index (χ0n) is 20.8. The van der Waals surface area contributed by atoms with E-state index in [-0.39, 0.29) is 46.9 Å². The fraction of sp³-hybridized carbons (Fsp3) is 0.360. The van der Waals surface area contributed by atoms with Crippen LogP contribution in [0.4, 0.5) is 35.3 Å². The highest BCUT2D eigenvalue weighted by Crippen LogP contribution is 2.39. The maximum absolute atomic E-state index is 13.4. The monoisotopic (exact) mass is 566 g/mol. The van der Waals surface area contributed by atoms with Gasteiger partial charge in [0.2, 0.25) is 5.88 Å². The number of pyridine rings is 1. The van der Waals surface area contributed by atoms with Crippen LogP contribution in [0, 0.1) is 0 Å². The van der Waals surface area contributed by atoms with Gasteiger partial charge in [-0.15, -0.1) is 0 Å². The Balaban J connectivity index is 1.68. The molecule has 10 nitrogen and oxygen atoms in total. The van der Waals surface area contributed by atoms with E-state index in [1.807, 2.05) is 11.8 Å². The molecule has 3 N–H and O–H groups in total. The summed E-state index contributed by atoms with van der Waals surface area (Å²) >= 11 is 6.52. The molecular weight excluding hydrogens is 541 g/mol. The van der Waals surface area contributed by atoms with Gasteiger partial charge in [-0.1, -0.05) is 23.7 Å². The Bertz CT molecular complexity index is 1330. The number of amides is 2. The highest BCUT2D eigenvalue weighted by Gasteiger charge is 2.32. The largest absolute Gasteiger partial charge is 0.475 e. The number of alkyl halides is 3. The Hall–Kier alpha value is -3.68. The van der Waals surface area contributed by atoms with Gasteiger partial charge in [-0.3, -0.25) is 10.2 Å². The Morgan fingerprint density at radius 1 is 1.23 bits per heavy atom. The molecule has 1 aliphatic rings. The molecule has 1 aliphatic heterocycles. The van der Waals surface area contributed by atoms with Gasteiger partial charge >= 0.3 is 12.2 Å². The average molecular weight is 567 g/mol. The first-order valence-corrected chi connectivity index (χ1v) is 12.4. The summed E-state index contributed by atoms with van der Waals surface area (Å²) in [5.74, 6) is 0.409. The smallest absolute Gasteiger partial charge is 0.416 e. The lowest BCUT2D eigenvalue weighted by Crippen LogP contribution is -2.36. The van der Waals surface area contributed by atoms with Crippen molar-refractivity contribution >= 4 is 35.0 Å². The van der Waals surface area contributed by atoms with E-state index in [9.17, 15) is 23.1 Å². The quantitative estimate of drug-likeness (QED) is 0.388. The Morgan fingerprint density at radius 2 is 2.03 bits per heavy atom. The number of nitrogens with zero attached hydrogens (tertiary/aromatic N) is 5. The van der Waals surface area contributed by atoms with E-state index in [0.29, 0.717) is 25.2 Å². The molecule has 1 atom stereocenters. The molecule has 0 bridgehead atoms. The predicted molar refractivity (Wildman–Crippen MR) is 139 cm³/mol. The number of ether oxygens (including phenoxy) is 1. The van der Waals surface area contributed by atoms with Crippen molar-refractivity contribution in [1.82, 2.24) is 15.0 Å². The molecule has 0 radical (unpaired) electrons. The number of aromatic nitrogens is 3. The number of anilines is 3. The van der Waals surface area contributed by atoms with Gasteiger partial charge in [0.15, 0.2) is 5.82 Å². The number of rotatable bonds is 7. The molecule has 4 rings (SSSR count). The van der Waals surface area contributed by atoms with Crippen LogP contribution in [0.25, 0.3) is 11.3 Å². The molecule has 3 heterocycles. The highest BCUT2D eigenvalue weighted by atomic mass is 35.5. The molecule has 0 aliphatic carbocycles. The molecule has 208 valence electrons. The summed E-state index contributed by atoms with van der Waals surface area (Å²) in [6, 6.07) is 7.06. The van der Waals surface area contributed by atoms with E-state index in [2.05, 4.69) is 20.3 Å². The van der Waals surface area contributed by atoms with Crippen molar-refractivity contribution in [3.8, 4) is 17.1 Å². The maximum Gasteiger partial charge on any atom is 0.416 e. The molecule has 0 unspecified atom stereocenters. The van der Waals surface area contributed by atoms with Crippen LogP contribution in [0.2, 0.25) is 5.02 Å². The van der Waals surface area contributed by atoms with Crippen LogP contribution in [0.15, 0.2) is 42.7 Å². The van der Waals surface area contributed by atoms with Gasteiger partial charge in [-0.25, -0.2) is 19.7 Å². The first-order valence-electron chi connectivity index (χ1n) is 12.1. The van der Waals surface area contributed by atoms with Crippen LogP contribution in [0.1, 0.15) is 18.9 Å². The molecular formula is C25H26ClF3N6O4. The molecule has 1 aromatic carbocycles. The van der Waals surface area contributed by atoms with E-state index in [0.717, 1.165) is 18.5 Å². The molecule has 2 amide bonds. The van der Waals surface area contributed by atoms with Crippen LogP contribution in [-0.4, -0.2) is 70.1 Å². The maximum atomic E-state index is 13.4. The van der Waals surface area contributed by atoms with E-state index < -0.39 is 30.5 Å². The second kappa shape index (κ2) is 12.0. The molecule has 14 heteroatoms. The molecule has 2 aromatic heterocycles. The summed E-state index contributed by atoms with van der Waals surface area (Å²) in [5, 5.41) is 21.2. The number of benzene rings is 1. The summed E-state index contributed by atoms with van der Waals surface area (Å²) in [5.41, 5.74) is -0.00756. The number of carbonyl (C=O) groups excluding carboxylic acids is 1. The van der Waals surface area contributed by atoms with Crippen molar-refractivity contribution in [2.45, 2.75) is 25.6 Å². The van der Waals surface area contributed by atoms with E-state index in [4.69, 9.17) is 21.4 Å². The van der Waals surface area contributed by atoms with Gasteiger partial charge in [0.25, 0.3) is 0 Å². The zero-order valence-corrected chi connectivity index (χ0v) is 21.6. The van der Waals surface area contributed by atoms with Gasteiger partial charge in [0, 0.05) is 31.3 Å². The first kappa shape index (κ1) is 28.3. The second-order valence-electron chi connectivity index (χ2n) is 8.64. The SMILES string of the molecule is CCN1CCCN(C(=O)Nc2cc(OC[C@H](O)CO)ncn2)c2nc(-c3cccc(C(F)(F)F)c3)c(Cl)cc21. The Kier molecular flexibility index (Phi) is 8.73. The van der Waals surface area contributed by atoms with Crippen LogP contribution >= 0.6 is 11.6 Å². The Morgan fingerprint density at radius 3 is 2.74 bits per heavy atom. The molecule has 3 aromatic rings. The van der Waals surface area contributed by atoms with E-state index >= 15 is 0 Å². The second-order valence-corrected chi connectivity index (χ2v) is 9.05. The highest BCUT2D eigenvalue weighted by molar-refractivity contribution is 6.33. The third-order valence-electron chi connectivity index (χ3n) is 5.94. The summed E-state index contributed by atoms with van der Waals surface area (Å²) < 4.78 is 45.4. The lowest BCUT2D eigenvalue weighted by molar-refractivity contribution is -0.137. The third kappa shape index (κ3) is 6.67. The fourth-order valence-electron chi connectivity index (χ4n) is 4.02. The standard InChI is InChI=1S/C25H26ClF3N6O4/c1-2-34-7-4-8-35(24(38)32-20-11-21(31-14-30-20)39-13-17(37)12-36)23-19(34)10-18(26)22(33-23)15-5-3-6-16(9-15)25(27,28)29/h3,5-6,9-11,14,17,36-37H,2,4,7-8,12-13H2,1H3,(H,30,31,32,38)/t17-/m1/s1. The lowest BCUT2D eigenvalue weighted by Gasteiger charge is -2.26. The minimum Gasteiger partial charge on any atom is -0.475 e. The van der Waals surface area contributed by atoms with Crippen molar-refractivity contribution in [2.24, 2.45) is 0 Å². The number of hydrogen-bond acceptors (Lipinski definition) is 8. The van der Waals surface area contributed by atoms with Gasteiger partial charge in [0.1, 0.15) is 24.9 Å². The van der Waals surface area contributed by atoms with Gasteiger partial charge in [-0.05, 0) is 31.5 Å². The summed E-state index contributed by atoms with van der Waals surface area (Å²) in [4.78, 5) is 29.3. The lowest BCUT2D eigenvalue weighted by atomic mass is 10.1. The number of urea groups is 1. The molecule has 0 saturated heterocycles. The van der Waals surface area contributed by atoms with Crippen LogP contribution < -0.4 is 19.9 Å². The van der Waals surface area contributed by atoms with Crippen molar-refractivity contribution in [3.63, 3.8) is 0 Å². The summed E-state index contributed by atoms with van der Waals surface area (Å²) in [7, 11) is 0. The normalized spacial score (nSPS) is 14.4. The number of fused-ring (bicyclic) bond motifs is 1. The van der Waals surface area contributed by atoms with Crippen LogP contribution in [0.3, 0.4) is 0 Å². The zero-order chi connectivity index (χ0) is 28.2. The fourth-order valence-corrected chi connectivity index (χ4v) is 4.27. The number of hydrogen-bond donors (Lipinski definition) is 3. The number of carbonyl (C=O) groups is 1. The van der Waals surface area contributed by atoms with Gasteiger partial charge < -0.3 is 19.8 Å². The number of halogens is 4. The van der Waals surface area contributed by atoms with Crippen molar-refractivity contribution in [1.29, 1.82) is 0 Å². The predicted octanol–water partition coefficient (Wildman–Crippen LogP) is 4.21. The number of nitrogens with one attached hydrogen (secondary N) is 1. The minimum absolute atomic E-state index is 0.0676. The molecule has 0 spiro atoms. The average Bonchev–Trinajstić information content (AvgIpc) is 3.09. The number of aliphatic hydroxyl groups excluding tert-OH is 2. The van der Waals surface area contributed by atoms with E-state index in [1.54, 1.807) is 6.07 Å². The first-order chi connectivity index (χ1) is 18.6. The van der Waals surface area contributed by atoms with Gasteiger partial charge in [0.05, 0.1) is 28.6 Å². The molecule has 0 saturated carbocycles. The van der Waals surface area contributed by atoms with Crippen LogP contribution in [-0.2, 0) is 6.18 Å². The third-order valence-corrected chi connectivity index (χ3v) is 6.23. The van der Waals surface area contributed by atoms with Crippen molar-refractivity contribution in [3.05, 3.63) is 53.3 Å². The Labute approximate surface area is 227 Å². The van der Waals surface area contributed by atoms with Gasteiger partial charge in [-0.2, -0.15) is 13.2 Å². The van der Waals surface area contributed by atoms with Crippen LogP contribution in [0.5, 0.6) is 5.88 Å². The molecule has 0 fully saturated rings. The summed E-state index contributed by atoms with van der Waals surface area (Å²) in [6.07, 6.45) is -3.90. The van der Waals surface area contributed by atoms with E-state index in [1.165, 1.54) is 23.1 Å². The molecule has 39 heavy (non-hydrogen) atoms. The van der Waals surface area contributed by atoms with Crippen molar-refractivity contribution in [2.75, 3.05) is 48.0 Å². The topological polar surface area (TPSA) is 124 Å². The summed E-state index contributed by atoms with van der Waals surface area (Å²) in [6.45, 7) is 2.70. The van der Waals surface area contributed by atoms with Crippen molar-refractivity contribution < 1.29 is 32.9 Å². The number of aliphatic hydroxyl groups is 2.